The maximum atomic E-state index is 5.20. The van der Waals surface area contributed by atoms with Gasteiger partial charge in [-0.05, 0) is 30.4 Å². The summed E-state index contributed by atoms with van der Waals surface area (Å²) in [6.07, 6.45) is 0. The van der Waals surface area contributed by atoms with E-state index in [0.29, 0.717) is 0 Å². The minimum absolute atomic E-state index is 0.192. The fraction of sp³-hybridized carbons (Fsp3) is 0.400. The lowest BCUT2D eigenvalue weighted by Gasteiger charge is -2.19. The predicted octanol–water partition coefficient (Wildman–Crippen LogP) is 4.26. The number of nitrogens with zero attached hydrogens (tertiary/aromatic N) is 1. The fourth-order valence-electron chi connectivity index (χ4n) is 2.03. The Labute approximate surface area is 103 Å². The molecule has 1 heterocycles. The summed E-state index contributed by atoms with van der Waals surface area (Å²) < 4.78 is 5.20. The molecule has 0 unspecified atom stereocenters. The molecule has 0 spiro atoms. The van der Waals surface area contributed by atoms with E-state index in [0.717, 1.165) is 17.0 Å². The van der Waals surface area contributed by atoms with E-state index in [4.69, 9.17) is 4.52 Å². The van der Waals surface area contributed by atoms with Crippen LogP contribution in [0, 0.1) is 13.8 Å². The number of rotatable bonds is 1. The monoisotopic (exact) mass is 229 g/mol. The first-order valence-corrected chi connectivity index (χ1v) is 5.93. The second-order valence-electron chi connectivity index (χ2n) is 5.53. The fourth-order valence-corrected chi connectivity index (χ4v) is 2.03. The lowest BCUT2D eigenvalue weighted by molar-refractivity contribution is 0.393. The Morgan fingerprint density at radius 2 is 1.59 bits per heavy atom. The van der Waals surface area contributed by atoms with Crippen LogP contribution in [-0.4, -0.2) is 5.16 Å². The first kappa shape index (κ1) is 11.9. The number of aryl methyl sites for hydroxylation is 2. The standard InChI is InChI=1S/C15H19NO/c1-10-14(11(2)17-16-10)12-6-8-13(9-7-12)15(3,4)5/h6-9H,1-5H3. The largest absolute Gasteiger partial charge is 0.361 e. The van der Waals surface area contributed by atoms with Crippen LogP contribution in [0.5, 0.6) is 0 Å². The van der Waals surface area contributed by atoms with Gasteiger partial charge in [0.1, 0.15) is 5.76 Å². The summed E-state index contributed by atoms with van der Waals surface area (Å²) in [5.74, 6) is 0.881. The molecule has 2 aromatic rings. The van der Waals surface area contributed by atoms with Crippen LogP contribution in [0.15, 0.2) is 28.8 Å². The molecule has 2 heteroatoms. The molecule has 1 aromatic heterocycles. The number of hydrogen-bond acceptors (Lipinski definition) is 2. The van der Waals surface area contributed by atoms with Gasteiger partial charge in [0.05, 0.1) is 5.69 Å². The van der Waals surface area contributed by atoms with Crippen molar-refractivity contribution in [2.45, 2.75) is 40.0 Å². The molecule has 90 valence electrons. The van der Waals surface area contributed by atoms with Crippen LogP contribution in [0.2, 0.25) is 0 Å². The van der Waals surface area contributed by atoms with Gasteiger partial charge in [-0.3, -0.25) is 0 Å². The molecule has 0 aliphatic carbocycles. The van der Waals surface area contributed by atoms with Crippen molar-refractivity contribution in [2.75, 3.05) is 0 Å². The van der Waals surface area contributed by atoms with Crippen LogP contribution >= 0.6 is 0 Å². The molecule has 0 fully saturated rings. The molecule has 17 heavy (non-hydrogen) atoms. The third kappa shape index (κ3) is 2.26. The van der Waals surface area contributed by atoms with Gasteiger partial charge in [-0.2, -0.15) is 0 Å². The SMILES string of the molecule is Cc1noc(C)c1-c1ccc(C(C)(C)C)cc1. The molecule has 0 aliphatic heterocycles. The Morgan fingerprint density at radius 1 is 1.00 bits per heavy atom. The van der Waals surface area contributed by atoms with Crippen LogP contribution in [0.3, 0.4) is 0 Å². The summed E-state index contributed by atoms with van der Waals surface area (Å²) in [7, 11) is 0. The summed E-state index contributed by atoms with van der Waals surface area (Å²) >= 11 is 0. The average molecular weight is 229 g/mol. The number of hydrogen-bond donors (Lipinski definition) is 0. The Kier molecular flexibility index (Phi) is 2.82. The predicted molar refractivity (Wildman–Crippen MR) is 70.1 cm³/mol. The van der Waals surface area contributed by atoms with Gasteiger partial charge < -0.3 is 4.52 Å². The number of aromatic nitrogens is 1. The van der Waals surface area contributed by atoms with E-state index >= 15 is 0 Å². The van der Waals surface area contributed by atoms with Gasteiger partial charge in [-0.25, -0.2) is 0 Å². The highest BCUT2D eigenvalue weighted by Crippen LogP contribution is 2.29. The minimum Gasteiger partial charge on any atom is -0.361 e. The maximum absolute atomic E-state index is 5.20. The molecule has 0 bridgehead atoms. The van der Waals surface area contributed by atoms with Crippen molar-refractivity contribution in [1.29, 1.82) is 0 Å². The molecule has 2 rings (SSSR count). The Hall–Kier alpha value is -1.57. The Balaban J connectivity index is 2.43. The summed E-state index contributed by atoms with van der Waals surface area (Å²) in [5, 5.41) is 3.99. The smallest absolute Gasteiger partial charge is 0.141 e. The van der Waals surface area contributed by atoms with E-state index in [1.165, 1.54) is 11.1 Å². The molecule has 0 amide bonds. The molecular formula is C15H19NO. The Morgan fingerprint density at radius 3 is 2.00 bits per heavy atom. The van der Waals surface area contributed by atoms with Crippen LogP contribution in [-0.2, 0) is 5.41 Å². The highest BCUT2D eigenvalue weighted by Gasteiger charge is 2.15. The van der Waals surface area contributed by atoms with Crippen LogP contribution in [0.1, 0.15) is 37.8 Å². The van der Waals surface area contributed by atoms with Gasteiger partial charge in [0.25, 0.3) is 0 Å². The lowest BCUT2D eigenvalue weighted by Crippen LogP contribution is -2.10. The zero-order valence-corrected chi connectivity index (χ0v) is 11.2. The van der Waals surface area contributed by atoms with Gasteiger partial charge >= 0.3 is 0 Å². The normalized spacial score (nSPS) is 11.8. The molecule has 0 saturated carbocycles. The molecule has 2 nitrogen and oxygen atoms in total. The van der Waals surface area contributed by atoms with E-state index < -0.39 is 0 Å². The molecule has 0 radical (unpaired) electrons. The van der Waals surface area contributed by atoms with Crippen molar-refractivity contribution in [1.82, 2.24) is 5.16 Å². The maximum Gasteiger partial charge on any atom is 0.141 e. The molecular weight excluding hydrogens is 210 g/mol. The summed E-state index contributed by atoms with van der Waals surface area (Å²) in [6.45, 7) is 10.6. The van der Waals surface area contributed by atoms with Crippen LogP contribution in [0.4, 0.5) is 0 Å². The number of benzene rings is 1. The van der Waals surface area contributed by atoms with Gasteiger partial charge in [-0.1, -0.05) is 50.2 Å². The van der Waals surface area contributed by atoms with E-state index in [1.807, 2.05) is 13.8 Å². The van der Waals surface area contributed by atoms with E-state index in [-0.39, 0.29) is 5.41 Å². The highest BCUT2D eigenvalue weighted by atomic mass is 16.5. The van der Waals surface area contributed by atoms with Crippen molar-refractivity contribution in [2.24, 2.45) is 0 Å². The van der Waals surface area contributed by atoms with Gasteiger partial charge in [-0.15, -0.1) is 0 Å². The van der Waals surface area contributed by atoms with Crippen molar-refractivity contribution in [3.05, 3.63) is 41.3 Å². The van der Waals surface area contributed by atoms with E-state index in [1.54, 1.807) is 0 Å². The summed E-state index contributed by atoms with van der Waals surface area (Å²) in [6, 6.07) is 8.66. The van der Waals surface area contributed by atoms with Gasteiger partial charge in [0.2, 0.25) is 0 Å². The topological polar surface area (TPSA) is 26.0 Å². The first-order chi connectivity index (χ1) is 7.89. The molecule has 0 N–H and O–H groups in total. The van der Waals surface area contributed by atoms with Crippen LogP contribution in [0.25, 0.3) is 11.1 Å². The summed E-state index contributed by atoms with van der Waals surface area (Å²) in [5.41, 5.74) is 4.77. The lowest BCUT2D eigenvalue weighted by atomic mass is 9.86. The average Bonchev–Trinajstić information content (AvgIpc) is 2.58. The molecule has 0 saturated heterocycles. The molecule has 1 aromatic carbocycles. The minimum atomic E-state index is 0.192. The first-order valence-electron chi connectivity index (χ1n) is 5.93. The third-order valence-corrected chi connectivity index (χ3v) is 3.07. The van der Waals surface area contributed by atoms with Crippen molar-refractivity contribution in [3.63, 3.8) is 0 Å². The van der Waals surface area contributed by atoms with E-state index in [2.05, 4.69) is 50.2 Å². The third-order valence-electron chi connectivity index (χ3n) is 3.07. The highest BCUT2D eigenvalue weighted by molar-refractivity contribution is 5.67. The second-order valence-corrected chi connectivity index (χ2v) is 5.53. The van der Waals surface area contributed by atoms with Crippen molar-refractivity contribution in [3.8, 4) is 11.1 Å². The van der Waals surface area contributed by atoms with Gasteiger partial charge in [0, 0.05) is 5.56 Å². The zero-order valence-electron chi connectivity index (χ0n) is 11.2. The Bertz CT molecular complexity index is 495. The molecule has 0 aliphatic rings. The van der Waals surface area contributed by atoms with Crippen molar-refractivity contribution >= 4 is 0 Å². The second kappa shape index (κ2) is 4.02. The molecule has 0 atom stereocenters. The van der Waals surface area contributed by atoms with Crippen LogP contribution < -0.4 is 0 Å². The quantitative estimate of drug-likeness (QED) is 0.730. The van der Waals surface area contributed by atoms with Crippen molar-refractivity contribution < 1.29 is 4.52 Å². The van der Waals surface area contributed by atoms with E-state index in [9.17, 15) is 0 Å². The summed E-state index contributed by atoms with van der Waals surface area (Å²) in [4.78, 5) is 0. The zero-order chi connectivity index (χ0) is 12.6. The van der Waals surface area contributed by atoms with Gasteiger partial charge in [0.15, 0.2) is 0 Å².